The Morgan fingerprint density at radius 1 is 1.45 bits per heavy atom. The van der Waals surface area contributed by atoms with Crippen LogP contribution in [0.2, 0.25) is 0 Å². The zero-order valence-electron chi connectivity index (χ0n) is 11.9. The number of hydrogen-bond donors (Lipinski definition) is 3. The molecule has 0 spiro atoms. The van der Waals surface area contributed by atoms with Crippen LogP contribution in [0.1, 0.15) is 20.8 Å². The van der Waals surface area contributed by atoms with Gasteiger partial charge in [-0.3, -0.25) is 9.59 Å². The molecule has 0 bridgehead atoms. The number of thioether (sulfide) groups is 1. The molecule has 0 radical (unpaired) electrons. The van der Waals surface area contributed by atoms with Gasteiger partial charge in [-0.15, -0.1) is 11.8 Å². The Balaban J connectivity index is 2.13. The number of hydrogen-bond acceptors (Lipinski definition) is 4. The lowest BCUT2D eigenvalue weighted by molar-refractivity contribution is -0.121. The molecule has 0 aromatic heterocycles. The molecule has 0 saturated heterocycles. The summed E-state index contributed by atoms with van der Waals surface area (Å²) >= 11 is 1.50. The number of carbonyl (C=O) groups is 2. The third-order valence-electron chi connectivity index (χ3n) is 3.06. The number of nitrogens with one attached hydrogen (secondary N) is 3. The quantitative estimate of drug-likeness (QED) is 0.794. The van der Waals surface area contributed by atoms with Gasteiger partial charge in [0.15, 0.2) is 0 Å². The Morgan fingerprint density at radius 2 is 2.20 bits per heavy atom. The van der Waals surface area contributed by atoms with Crippen molar-refractivity contribution >= 4 is 35.0 Å². The Kier molecular flexibility index (Phi) is 4.35. The lowest BCUT2D eigenvalue weighted by Gasteiger charge is -2.25. The summed E-state index contributed by atoms with van der Waals surface area (Å²) in [5.41, 5.74) is 0.802. The van der Waals surface area contributed by atoms with Crippen molar-refractivity contribution in [3.63, 3.8) is 0 Å². The second kappa shape index (κ2) is 5.85. The SMILES string of the molecule is CCNC(C)(C)C(=O)Nc1ccc2c(c1)NC(=O)CS2. The zero-order valence-corrected chi connectivity index (χ0v) is 12.7. The van der Waals surface area contributed by atoms with Crippen molar-refractivity contribution in [3.05, 3.63) is 18.2 Å². The molecule has 5 nitrogen and oxygen atoms in total. The standard InChI is InChI=1S/C14H19N3O2S/c1-4-15-14(2,3)13(19)16-9-5-6-11-10(7-9)17-12(18)8-20-11/h5-7,15H,4,8H2,1-3H3,(H,16,19)(H,17,18). The van der Waals surface area contributed by atoms with Crippen LogP contribution in [0.5, 0.6) is 0 Å². The highest BCUT2D eigenvalue weighted by Crippen LogP contribution is 2.33. The van der Waals surface area contributed by atoms with Crippen LogP contribution < -0.4 is 16.0 Å². The smallest absolute Gasteiger partial charge is 0.244 e. The largest absolute Gasteiger partial charge is 0.324 e. The van der Waals surface area contributed by atoms with Crippen molar-refractivity contribution in [2.24, 2.45) is 0 Å². The molecular weight excluding hydrogens is 274 g/mol. The molecule has 0 atom stereocenters. The van der Waals surface area contributed by atoms with Gasteiger partial charge in [0.1, 0.15) is 0 Å². The number of benzene rings is 1. The van der Waals surface area contributed by atoms with E-state index in [9.17, 15) is 9.59 Å². The number of fused-ring (bicyclic) bond motifs is 1. The van der Waals surface area contributed by atoms with Crippen molar-refractivity contribution in [1.82, 2.24) is 5.32 Å². The fraction of sp³-hybridized carbons (Fsp3) is 0.429. The minimum absolute atomic E-state index is 0.0149. The maximum Gasteiger partial charge on any atom is 0.244 e. The predicted octanol–water partition coefficient (Wildman–Crippen LogP) is 2.06. The van der Waals surface area contributed by atoms with Crippen molar-refractivity contribution in [2.45, 2.75) is 31.2 Å². The molecule has 3 N–H and O–H groups in total. The lowest BCUT2D eigenvalue weighted by Crippen LogP contribution is -2.49. The molecule has 1 aromatic carbocycles. The summed E-state index contributed by atoms with van der Waals surface area (Å²) in [4.78, 5) is 24.6. The first-order valence-corrected chi connectivity index (χ1v) is 7.54. The van der Waals surface area contributed by atoms with Crippen molar-refractivity contribution in [3.8, 4) is 0 Å². The summed E-state index contributed by atoms with van der Waals surface area (Å²) in [6.07, 6.45) is 0. The number of anilines is 2. The van der Waals surface area contributed by atoms with Gasteiger partial charge >= 0.3 is 0 Å². The van der Waals surface area contributed by atoms with Crippen molar-refractivity contribution in [2.75, 3.05) is 22.9 Å². The summed E-state index contributed by atoms with van der Waals surface area (Å²) in [5, 5.41) is 8.81. The molecule has 2 rings (SSSR count). The molecule has 0 aliphatic carbocycles. The van der Waals surface area contributed by atoms with Crippen LogP contribution in [-0.2, 0) is 9.59 Å². The van der Waals surface area contributed by atoms with Crippen LogP contribution in [-0.4, -0.2) is 29.7 Å². The third kappa shape index (κ3) is 3.32. The average Bonchev–Trinajstić information content (AvgIpc) is 2.38. The van der Waals surface area contributed by atoms with E-state index in [1.165, 1.54) is 11.8 Å². The molecule has 2 amide bonds. The van der Waals surface area contributed by atoms with Gasteiger partial charge < -0.3 is 16.0 Å². The van der Waals surface area contributed by atoms with E-state index in [0.29, 0.717) is 11.4 Å². The van der Waals surface area contributed by atoms with E-state index >= 15 is 0 Å². The van der Waals surface area contributed by atoms with Crippen molar-refractivity contribution in [1.29, 1.82) is 0 Å². The number of amides is 2. The maximum absolute atomic E-state index is 12.2. The Hall–Kier alpha value is -1.53. The number of rotatable bonds is 4. The molecule has 0 fully saturated rings. The van der Waals surface area contributed by atoms with Gasteiger partial charge in [-0.25, -0.2) is 0 Å². The zero-order chi connectivity index (χ0) is 14.8. The first-order chi connectivity index (χ1) is 9.42. The molecular formula is C14H19N3O2S. The normalized spacial score (nSPS) is 14.4. The van der Waals surface area contributed by atoms with Crippen LogP contribution in [0.3, 0.4) is 0 Å². The van der Waals surface area contributed by atoms with E-state index in [4.69, 9.17) is 0 Å². The van der Waals surface area contributed by atoms with E-state index in [-0.39, 0.29) is 11.8 Å². The van der Waals surface area contributed by atoms with E-state index in [2.05, 4.69) is 16.0 Å². The maximum atomic E-state index is 12.2. The van der Waals surface area contributed by atoms with Gasteiger partial charge in [0, 0.05) is 10.6 Å². The van der Waals surface area contributed by atoms with Gasteiger partial charge in [0.25, 0.3) is 0 Å². The van der Waals surface area contributed by atoms with E-state index in [1.807, 2.05) is 32.9 Å². The van der Waals surface area contributed by atoms with Crippen LogP contribution in [0.15, 0.2) is 23.1 Å². The second-order valence-corrected chi connectivity index (χ2v) is 6.17. The minimum atomic E-state index is -0.636. The fourth-order valence-electron chi connectivity index (χ4n) is 1.97. The number of likely N-dealkylation sites (N-methyl/N-ethyl adjacent to an activating group) is 1. The average molecular weight is 293 g/mol. The van der Waals surface area contributed by atoms with Gasteiger partial charge in [-0.05, 0) is 38.6 Å². The second-order valence-electron chi connectivity index (χ2n) is 5.16. The minimum Gasteiger partial charge on any atom is -0.324 e. The Morgan fingerprint density at radius 3 is 2.90 bits per heavy atom. The third-order valence-corrected chi connectivity index (χ3v) is 4.13. The first-order valence-electron chi connectivity index (χ1n) is 6.55. The first kappa shape index (κ1) is 14.9. The molecule has 1 aromatic rings. The highest BCUT2D eigenvalue weighted by molar-refractivity contribution is 8.00. The summed E-state index contributed by atoms with van der Waals surface area (Å²) in [6, 6.07) is 5.55. The molecule has 1 heterocycles. The summed E-state index contributed by atoms with van der Waals surface area (Å²) in [6.45, 7) is 6.35. The Bertz CT molecular complexity index is 543. The summed E-state index contributed by atoms with van der Waals surface area (Å²) in [5.74, 6) is 0.319. The Labute approximate surface area is 122 Å². The van der Waals surface area contributed by atoms with Crippen LogP contribution >= 0.6 is 11.8 Å². The molecule has 1 aliphatic rings. The van der Waals surface area contributed by atoms with Gasteiger partial charge in [0.05, 0.1) is 17.0 Å². The molecule has 0 unspecified atom stereocenters. The van der Waals surface area contributed by atoms with Crippen molar-refractivity contribution < 1.29 is 9.59 Å². The fourth-order valence-corrected chi connectivity index (χ4v) is 2.76. The van der Waals surface area contributed by atoms with E-state index < -0.39 is 5.54 Å². The molecule has 6 heteroatoms. The number of carbonyl (C=O) groups excluding carboxylic acids is 2. The van der Waals surface area contributed by atoms with Crippen LogP contribution in [0.4, 0.5) is 11.4 Å². The van der Waals surface area contributed by atoms with Gasteiger partial charge in [0.2, 0.25) is 11.8 Å². The highest BCUT2D eigenvalue weighted by Gasteiger charge is 2.26. The van der Waals surface area contributed by atoms with E-state index in [0.717, 1.165) is 17.1 Å². The molecule has 108 valence electrons. The topological polar surface area (TPSA) is 70.2 Å². The monoisotopic (exact) mass is 293 g/mol. The molecule has 0 saturated carbocycles. The molecule has 1 aliphatic heterocycles. The van der Waals surface area contributed by atoms with Gasteiger partial charge in [-0.1, -0.05) is 6.92 Å². The summed E-state index contributed by atoms with van der Waals surface area (Å²) < 4.78 is 0. The highest BCUT2D eigenvalue weighted by atomic mass is 32.2. The predicted molar refractivity (Wildman–Crippen MR) is 82.2 cm³/mol. The molecule has 20 heavy (non-hydrogen) atoms. The van der Waals surface area contributed by atoms with Crippen LogP contribution in [0.25, 0.3) is 0 Å². The van der Waals surface area contributed by atoms with Gasteiger partial charge in [-0.2, -0.15) is 0 Å². The summed E-state index contributed by atoms with van der Waals surface area (Å²) in [7, 11) is 0. The lowest BCUT2D eigenvalue weighted by atomic mass is 10.0. The van der Waals surface area contributed by atoms with E-state index in [1.54, 1.807) is 6.07 Å². The van der Waals surface area contributed by atoms with Crippen LogP contribution in [0, 0.1) is 0 Å².